The minimum Gasteiger partial charge on any atom is -0.347 e. The predicted octanol–water partition coefficient (Wildman–Crippen LogP) is -0.0320. The molecule has 0 radical (unpaired) electrons. The molecule has 0 saturated carbocycles. The van der Waals surface area contributed by atoms with Gasteiger partial charge in [-0.3, -0.25) is 0 Å². The minimum absolute atomic E-state index is 0.0725. The lowest BCUT2D eigenvalue weighted by Crippen LogP contribution is -2.39. The van der Waals surface area contributed by atoms with E-state index in [0.29, 0.717) is 30.8 Å². The fourth-order valence-electron chi connectivity index (χ4n) is 2.91. The Kier molecular flexibility index (Phi) is 5.16. The van der Waals surface area contributed by atoms with Crippen LogP contribution in [0.2, 0.25) is 0 Å². The maximum absolute atomic E-state index is 12.3. The molecule has 1 N–H and O–H groups in total. The van der Waals surface area contributed by atoms with Gasteiger partial charge in [0.15, 0.2) is 5.82 Å². The van der Waals surface area contributed by atoms with Crippen LogP contribution in [-0.2, 0) is 16.8 Å². The summed E-state index contributed by atoms with van der Waals surface area (Å²) in [6, 6.07) is 0. The smallest absolute Gasteiger partial charge is 0.279 e. The summed E-state index contributed by atoms with van der Waals surface area (Å²) in [5.74, 6) is 1.61. The summed E-state index contributed by atoms with van der Waals surface area (Å²) in [5.41, 5.74) is 0. The molecule has 24 heavy (non-hydrogen) atoms. The lowest BCUT2D eigenvalue weighted by Gasteiger charge is -2.19. The zero-order valence-corrected chi connectivity index (χ0v) is 15.1. The van der Waals surface area contributed by atoms with Crippen molar-refractivity contribution in [3.63, 3.8) is 0 Å². The minimum atomic E-state index is -3.47. The van der Waals surface area contributed by atoms with Gasteiger partial charge in [0.1, 0.15) is 0 Å². The van der Waals surface area contributed by atoms with Crippen LogP contribution in [0.1, 0.15) is 31.5 Å². The molecule has 9 nitrogen and oxygen atoms in total. The first-order chi connectivity index (χ1) is 11.5. The fourth-order valence-corrected chi connectivity index (χ4v) is 4.14. The van der Waals surface area contributed by atoms with Crippen LogP contribution in [0, 0.1) is 0 Å². The summed E-state index contributed by atoms with van der Waals surface area (Å²) in [6.07, 6.45) is 4.08. The predicted molar refractivity (Wildman–Crippen MR) is 92.2 cm³/mol. The van der Waals surface area contributed by atoms with Gasteiger partial charge >= 0.3 is 0 Å². The number of hydrogen-bond donors (Lipinski definition) is 1. The number of aromatic nitrogens is 3. The molecule has 1 aromatic rings. The van der Waals surface area contributed by atoms with Crippen molar-refractivity contribution in [2.45, 2.75) is 32.2 Å². The van der Waals surface area contributed by atoms with Crippen LogP contribution in [0.5, 0.6) is 0 Å². The molecular formula is C14H25N7O2S. The Morgan fingerprint density at radius 3 is 2.25 bits per heavy atom. The molecule has 10 heteroatoms. The molecule has 0 amide bonds. The van der Waals surface area contributed by atoms with E-state index in [1.807, 2.05) is 14.1 Å². The monoisotopic (exact) mass is 355 g/mol. The van der Waals surface area contributed by atoms with Crippen molar-refractivity contribution < 1.29 is 8.42 Å². The molecule has 1 aromatic heterocycles. The second kappa shape index (κ2) is 7.16. The van der Waals surface area contributed by atoms with Crippen molar-refractivity contribution in [2.24, 2.45) is 0 Å². The summed E-state index contributed by atoms with van der Waals surface area (Å²) >= 11 is 0. The first kappa shape index (κ1) is 17.3. The average molecular weight is 355 g/mol. The van der Waals surface area contributed by atoms with Crippen molar-refractivity contribution >= 4 is 22.1 Å². The summed E-state index contributed by atoms with van der Waals surface area (Å²) in [4.78, 5) is 17.2. The quantitative estimate of drug-likeness (QED) is 0.765. The van der Waals surface area contributed by atoms with Crippen LogP contribution in [0.15, 0.2) is 0 Å². The van der Waals surface area contributed by atoms with Crippen LogP contribution in [0.25, 0.3) is 0 Å². The molecule has 2 aliphatic rings. The van der Waals surface area contributed by atoms with Gasteiger partial charge in [0.05, 0.1) is 6.54 Å². The first-order valence-electron chi connectivity index (χ1n) is 8.38. The lowest BCUT2D eigenvalue weighted by atomic mass is 10.4. The van der Waals surface area contributed by atoms with E-state index in [-0.39, 0.29) is 6.54 Å². The highest BCUT2D eigenvalue weighted by Gasteiger charge is 2.25. The Balaban J connectivity index is 1.76. The molecule has 0 aliphatic carbocycles. The van der Waals surface area contributed by atoms with E-state index in [9.17, 15) is 8.42 Å². The third-order valence-electron chi connectivity index (χ3n) is 4.26. The van der Waals surface area contributed by atoms with Crippen LogP contribution in [0.4, 0.5) is 11.9 Å². The second-order valence-electron chi connectivity index (χ2n) is 6.37. The van der Waals surface area contributed by atoms with E-state index in [4.69, 9.17) is 0 Å². The second-order valence-corrected chi connectivity index (χ2v) is 8.13. The highest BCUT2D eigenvalue weighted by atomic mass is 32.2. The number of rotatable bonds is 6. The van der Waals surface area contributed by atoms with Crippen molar-refractivity contribution in [1.29, 1.82) is 0 Å². The van der Waals surface area contributed by atoms with E-state index in [1.165, 1.54) is 4.31 Å². The van der Waals surface area contributed by atoms with Gasteiger partial charge in [-0.15, -0.1) is 0 Å². The topological polar surface area (TPSA) is 94.6 Å². The standard InChI is InChI=1S/C14H25N7O2S/c1-19(2)13-16-12(17-14(18-13)20-7-3-4-8-20)11-15-24(22,23)21-9-5-6-10-21/h15H,3-11H2,1-2H3. The Labute approximate surface area is 143 Å². The molecule has 2 aliphatic heterocycles. The van der Waals surface area contributed by atoms with Crippen LogP contribution in [-0.4, -0.2) is 67.9 Å². The van der Waals surface area contributed by atoms with Crippen LogP contribution >= 0.6 is 0 Å². The maximum Gasteiger partial charge on any atom is 0.279 e. The molecule has 3 rings (SSSR count). The maximum atomic E-state index is 12.3. The van der Waals surface area contributed by atoms with E-state index in [0.717, 1.165) is 38.8 Å². The number of nitrogens with zero attached hydrogens (tertiary/aromatic N) is 6. The SMILES string of the molecule is CN(C)c1nc(CNS(=O)(=O)N2CCCC2)nc(N2CCCC2)n1. The zero-order valence-electron chi connectivity index (χ0n) is 14.3. The van der Waals surface area contributed by atoms with Crippen molar-refractivity contribution in [3.8, 4) is 0 Å². The van der Waals surface area contributed by atoms with E-state index < -0.39 is 10.2 Å². The fraction of sp³-hybridized carbons (Fsp3) is 0.786. The highest BCUT2D eigenvalue weighted by Crippen LogP contribution is 2.18. The van der Waals surface area contributed by atoms with Crippen LogP contribution in [0.3, 0.4) is 0 Å². The third-order valence-corrected chi connectivity index (χ3v) is 5.82. The molecule has 134 valence electrons. The molecule has 0 bridgehead atoms. The van der Waals surface area contributed by atoms with Crippen molar-refractivity contribution in [2.75, 3.05) is 50.1 Å². The Bertz CT molecular complexity index is 668. The molecule has 2 saturated heterocycles. The molecule has 2 fully saturated rings. The van der Waals surface area contributed by atoms with E-state index in [1.54, 1.807) is 4.90 Å². The van der Waals surface area contributed by atoms with Gasteiger partial charge in [0.25, 0.3) is 10.2 Å². The Morgan fingerprint density at radius 2 is 1.62 bits per heavy atom. The normalized spacial score (nSPS) is 19.2. The zero-order chi connectivity index (χ0) is 17.2. The molecule has 0 atom stereocenters. The number of nitrogens with one attached hydrogen (secondary N) is 1. The van der Waals surface area contributed by atoms with Gasteiger partial charge in [0.2, 0.25) is 11.9 Å². The molecule has 3 heterocycles. The lowest BCUT2D eigenvalue weighted by molar-refractivity contribution is 0.463. The van der Waals surface area contributed by atoms with Gasteiger partial charge in [-0.05, 0) is 25.7 Å². The summed E-state index contributed by atoms with van der Waals surface area (Å²) < 4.78 is 28.7. The van der Waals surface area contributed by atoms with Gasteiger partial charge < -0.3 is 9.80 Å². The van der Waals surface area contributed by atoms with Crippen molar-refractivity contribution in [3.05, 3.63) is 5.82 Å². The summed E-state index contributed by atoms with van der Waals surface area (Å²) in [5, 5.41) is 0. The van der Waals surface area contributed by atoms with Gasteiger partial charge in [-0.2, -0.15) is 32.4 Å². The number of anilines is 2. The molecule has 0 unspecified atom stereocenters. The first-order valence-corrected chi connectivity index (χ1v) is 9.82. The van der Waals surface area contributed by atoms with E-state index >= 15 is 0 Å². The Hall–Kier alpha value is -1.52. The average Bonchev–Trinajstić information content (AvgIpc) is 3.25. The van der Waals surface area contributed by atoms with Gasteiger partial charge in [-0.1, -0.05) is 0 Å². The third kappa shape index (κ3) is 3.93. The number of hydrogen-bond acceptors (Lipinski definition) is 7. The largest absolute Gasteiger partial charge is 0.347 e. The molecule has 0 aromatic carbocycles. The van der Waals surface area contributed by atoms with E-state index in [2.05, 4.69) is 24.6 Å². The summed E-state index contributed by atoms with van der Waals surface area (Å²) in [6.45, 7) is 3.08. The summed E-state index contributed by atoms with van der Waals surface area (Å²) in [7, 11) is 0.257. The van der Waals surface area contributed by atoms with Gasteiger partial charge in [0, 0.05) is 40.3 Å². The van der Waals surface area contributed by atoms with Crippen LogP contribution < -0.4 is 14.5 Å². The molecular weight excluding hydrogens is 330 g/mol. The molecule has 0 spiro atoms. The Morgan fingerprint density at radius 1 is 1.00 bits per heavy atom. The highest BCUT2D eigenvalue weighted by molar-refractivity contribution is 7.87. The van der Waals surface area contributed by atoms with Crippen molar-refractivity contribution in [1.82, 2.24) is 24.0 Å². The van der Waals surface area contributed by atoms with Gasteiger partial charge in [-0.25, -0.2) is 0 Å².